The highest BCUT2D eigenvalue weighted by Crippen LogP contribution is 2.22. The van der Waals surface area contributed by atoms with Gasteiger partial charge < -0.3 is 15.4 Å². The molecule has 1 amide bonds. The Kier molecular flexibility index (Phi) is 6.35. The molecule has 0 unspecified atom stereocenters. The highest BCUT2D eigenvalue weighted by Gasteiger charge is 2.07. The van der Waals surface area contributed by atoms with Crippen molar-refractivity contribution in [2.24, 2.45) is 0 Å². The van der Waals surface area contributed by atoms with Crippen LogP contribution in [0.15, 0.2) is 72.9 Å². The van der Waals surface area contributed by atoms with Crippen LogP contribution >= 0.6 is 0 Å². The fourth-order valence-corrected chi connectivity index (χ4v) is 2.89. The van der Waals surface area contributed by atoms with Crippen LogP contribution in [0.2, 0.25) is 0 Å². The summed E-state index contributed by atoms with van der Waals surface area (Å²) in [6.07, 6.45) is 1.82. The molecule has 0 aliphatic heterocycles. The van der Waals surface area contributed by atoms with E-state index in [0.717, 1.165) is 5.69 Å². The summed E-state index contributed by atoms with van der Waals surface area (Å²) < 4.78 is 20.3. The minimum absolute atomic E-state index is 0.230. The molecule has 0 atom stereocenters. The SMILES string of the molecule is Cc1ccn(-c2ccc(NCCNC(=O)c3cccc(Oc4ccc(F)cc4)c3)nn2)n1. The molecule has 32 heavy (non-hydrogen) atoms. The number of nitrogens with one attached hydrogen (secondary N) is 2. The van der Waals surface area contributed by atoms with E-state index in [2.05, 4.69) is 25.9 Å². The van der Waals surface area contributed by atoms with Gasteiger partial charge in [0, 0.05) is 24.8 Å². The van der Waals surface area contributed by atoms with Crippen molar-refractivity contribution in [1.29, 1.82) is 0 Å². The highest BCUT2D eigenvalue weighted by molar-refractivity contribution is 5.94. The van der Waals surface area contributed by atoms with Crippen LogP contribution in [0.5, 0.6) is 11.5 Å². The number of rotatable bonds is 8. The summed E-state index contributed by atoms with van der Waals surface area (Å²) in [6.45, 7) is 2.78. The number of carbonyl (C=O) groups excluding carboxylic acids is 1. The van der Waals surface area contributed by atoms with E-state index in [-0.39, 0.29) is 11.7 Å². The van der Waals surface area contributed by atoms with Crippen LogP contribution in [-0.4, -0.2) is 39.0 Å². The maximum absolute atomic E-state index is 13.0. The zero-order valence-electron chi connectivity index (χ0n) is 17.3. The monoisotopic (exact) mass is 432 g/mol. The zero-order chi connectivity index (χ0) is 22.3. The van der Waals surface area contributed by atoms with Gasteiger partial charge in [0.05, 0.1) is 5.69 Å². The van der Waals surface area contributed by atoms with Crippen LogP contribution in [-0.2, 0) is 0 Å². The molecule has 0 spiro atoms. The van der Waals surface area contributed by atoms with Crippen LogP contribution in [0.25, 0.3) is 5.82 Å². The van der Waals surface area contributed by atoms with Gasteiger partial charge >= 0.3 is 0 Å². The Hall–Kier alpha value is -4.27. The van der Waals surface area contributed by atoms with Crippen molar-refractivity contribution < 1.29 is 13.9 Å². The minimum atomic E-state index is -0.339. The number of anilines is 1. The maximum Gasteiger partial charge on any atom is 0.251 e. The predicted octanol–water partition coefficient (Wildman–Crippen LogP) is 3.74. The number of amides is 1. The molecule has 0 fully saturated rings. The Morgan fingerprint density at radius 3 is 2.56 bits per heavy atom. The van der Waals surface area contributed by atoms with Gasteiger partial charge in [0.15, 0.2) is 5.82 Å². The topological polar surface area (TPSA) is 94.0 Å². The summed E-state index contributed by atoms with van der Waals surface area (Å²) in [7, 11) is 0. The number of benzene rings is 2. The molecule has 4 rings (SSSR count). The molecule has 8 nitrogen and oxygen atoms in total. The highest BCUT2D eigenvalue weighted by atomic mass is 19.1. The molecule has 2 aromatic carbocycles. The second kappa shape index (κ2) is 9.69. The number of aromatic nitrogens is 4. The van der Waals surface area contributed by atoms with Gasteiger partial charge in [-0.3, -0.25) is 4.79 Å². The Morgan fingerprint density at radius 2 is 1.84 bits per heavy atom. The van der Waals surface area contributed by atoms with Gasteiger partial charge in [-0.05, 0) is 67.6 Å². The lowest BCUT2D eigenvalue weighted by molar-refractivity contribution is 0.0955. The number of carbonyl (C=O) groups is 1. The molecule has 2 heterocycles. The van der Waals surface area contributed by atoms with Crippen LogP contribution < -0.4 is 15.4 Å². The van der Waals surface area contributed by atoms with Gasteiger partial charge in [0.1, 0.15) is 23.1 Å². The molecule has 4 aromatic rings. The summed E-state index contributed by atoms with van der Waals surface area (Å²) in [5, 5.41) is 18.5. The lowest BCUT2D eigenvalue weighted by Crippen LogP contribution is -2.28. The summed E-state index contributed by atoms with van der Waals surface area (Å²) >= 11 is 0. The molecule has 0 saturated heterocycles. The summed E-state index contributed by atoms with van der Waals surface area (Å²) in [5.74, 6) is 1.63. The third-order valence-electron chi connectivity index (χ3n) is 4.47. The first-order valence-corrected chi connectivity index (χ1v) is 9.99. The summed E-state index contributed by atoms with van der Waals surface area (Å²) in [5.41, 5.74) is 1.36. The zero-order valence-corrected chi connectivity index (χ0v) is 17.3. The molecule has 0 aliphatic carbocycles. The largest absolute Gasteiger partial charge is 0.457 e. The van der Waals surface area contributed by atoms with Crippen LogP contribution in [0, 0.1) is 12.7 Å². The Balaban J connectivity index is 1.25. The van der Waals surface area contributed by atoms with Crippen molar-refractivity contribution in [3.8, 4) is 17.3 Å². The second-order valence-corrected chi connectivity index (χ2v) is 6.94. The quantitative estimate of drug-likeness (QED) is 0.412. The van der Waals surface area contributed by atoms with Gasteiger partial charge in [-0.25, -0.2) is 9.07 Å². The molecule has 0 bridgehead atoms. The van der Waals surface area contributed by atoms with Gasteiger partial charge in [-0.1, -0.05) is 6.07 Å². The predicted molar refractivity (Wildman–Crippen MR) is 118 cm³/mol. The molecule has 0 saturated carbocycles. The Morgan fingerprint density at radius 1 is 1.00 bits per heavy atom. The third kappa shape index (κ3) is 5.45. The van der Waals surface area contributed by atoms with E-state index in [9.17, 15) is 9.18 Å². The Labute approximate surface area is 184 Å². The number of nitrogens with zero attached hydrogens (tertiary/aromatic N) is 4. The lowest BCUT2D eigenvalue weighted by Gasteiger charge is -2.09. The van der Waals surface area contributed by atoms with Gasteiger partial charge in [0.2, 0.25) is 0 Å². The van der Waals surface area contributed by atoms with Gasteiger partial charge in [-0.15, -0.1) is 10.2 Å². The van der Waals surface area contributed by atoms with Crippen molar-refractivity contribution >= 4 is 11.7 Å². The smallest absolute Gasteiger partial charge is 0.251 e. The average Bonchev–Trinajstić information content (AvgIpc) is 3.25. The lowest BCUT2D eigenvalue weighted by atomic mass is 10.2. The first kappa shape index (κ1) is 21.0. The Bertz CT molecular complexity index is 1190. The number of hydrogen-bond donors (Lipinski definition) is 2. The third-order valence-corrected chi connectivity index (χ3v) is 4.47. The molecule has 9 heteroatoms. The van der Waals surface area contributed by atoms with Crippen LogP contribution in [0.4, 0.5) is 10.2 Å². The van der Waals surface area contributed by atoms with E-state index in [1.54, 1.807) is 35.0 Å². The van der Waals surface area contributed by atoms with E-state index in [1.807, 2.05) is 25.3 Å². The first-order valence-electron chi connectivity index (χ1n) is 9.99. The number of aryl methyl sites for hydroxylation is 1. The van der Waals surface area contributed by atoms with Gasteiger partial charge in [-0.2, -0.15) is 5.10 Å². The first-order chi connectivity index (χ1) is 15.6. The number of ether oxygens (including phenoxy) is 1. The van der Waals surface area contributed by atoms with E-state index < -0.39 is 0 Å². The van der Waals surface area contributed by atoms with E-state index in [1.165, 1.54) is 24.3 Å². The van der Waals surface area contributed by atoms with Crippen LogP contribution in [0.3, 0.4) is 0 Å². The fourth-order valence-electron chi connectivity index (χ4n) is 2.89. The van der Waals surface area contributed by atoms with E-state index >= 15 is 0 Å². The molecular weight excluding hydrogens is 411 g/mol. The molecule has 0 aliphatic rings. The molecule has 0 radical (unpaired) electrons. The van der Waals surface area contributed by atoms with Crippen molar-refractivity contribution in [2.45, 2.75) is 6.92 Å². The minimum Gasteiger partial charge on any atom is -0.457 e. The molecular formula is C23H21FN6O2. The summed E-state index contributed by atoms with van der Waals surface area (Å²) in [4.78, 5) is 12.4. The van der Waals surface area contributed by atoms with Gasteiger partial charge in [0.25, 0.3) is 5.91 Å². The van der Waals surface area contributed by atoms with Crippen molar-refractivity contribution in [2.75, 3.05) is 18.4 Å². The van der Waals surface area contributed by atoms with Crippen molar-refractivity contribution in [3.05, 3.63) is 90.0 Å². The van der Waals surface area contributed by atoms with E-state index in [0.29, 0.717) is 41.8 Å². The van der Waals surface area contributed by atoms with E-state index in [4.69, 9.17) is 4.74 Å². The normalized spacial score (nSPS) is 10.6. The average molecular weight is 432 g/mol. The summed E-state index contributed by atoms with van der Waals surface area (Å²) in [6, 6.07) is 18.0. The molecule has 2 N–H and O–H groups in total. The number of hydrogen-bond acceptors (Lipinski definition) is 6. The fraction of sp³-hybridized carbons (Fsp3) is 0.130. The second-order valence-electron chi connectivity index (χ2n) is 6.94. The van der Waals surface area contributed by atoms with Crippen molar-refractivity contribution in [1.82, 2.24) is 25.3 Å². The molecule has 2 aromatic heterocycles. The standard InChI is InChI=1S/C23H21FN6O2/c1-16-11-14-30(29-16)22-10-9-21(27-28-22)25-12-13-26-23(31)17-3-2-4-20(15-17)32-19-7-5-18(24)6-8-19/h2-11,14-15H,12-13H2,1H3,(H,25,27)(H,26,31). The van der Waals surface area contributed by atoms with Crippen molar-refractivity contribution in [3.63, 3.8) is 0 Å². The molecule has 162 valence electrons. The maximum atomic E-state index is 13.0. The number of halogens is 1. The van der Waals surface area contributed by atoms with Crippen LogP contribution in [0.1, 0.15) is 16.1 Å².